The number of phenols is 1. The van der Waals surface area contributed by atoms with Crippen molar-refractivity contribution in [2.24, 2.45) is 17.6 Å². The average molecular weight is 492 g/mol. The van der Waals surface area contributed by atoms with E-state index in [0.29, 0.717) is 16.7 Å². The van der Waals surface area contributed by atoms with Gasteiger partial charge in [-0.05, 0) is 41.5 Å². The average Bonchev–Trinajstić information content (AvgIpc) is 2.81. The molecule has 11 nitrogen and oxygen atoms in total. The smallest absolute Gasteiger partial charge is 0.270 e. The molecule has 184 valence electrons. The minimum atomic E-state index is -2.64. The van der Waals surface area contributed by atoms with E-state index < -0.39 is 63.3 Å². The molecule has 6 N–H and O–H groups in total. The van der Waals surface area contributed by atoms with Gasteiger partial charge in [-0.1, -0.05) is 18.2 Å². The number of aromatic hydroxyl groups is 1. The number of nitro benzene ring substituents is 1. The number of nitrogens with zero attached hydrogens (tertiary/aromatic N) is 1. The van der Waals surface area contributed by atoms with Crippen LogP contribution in [0, 0.1) is 22.0 Å². The quantitative estimate of drug-likeness (QED) is 0.241. The van der Waals surface area contributed by atoms with Crippen molar-refractivity contribution in [2.75, 3.05) is 0 Å². The number of hydrogen-bond acceptors (Lipinski definition) is 9. The van der Waals surface area contributed by atoms with Crippen LogP contribution in [0.3, 0.4) is 0 Å². The van der Waals surface area contributed by atoms with Gasteiger partial charge in [-0.3, -0.25) is 24.5 Å². The first-order valence-electron chi connectivity index (χ1n) is 11.0. The molecule has 3 atom stereocenters. The molecule has 3 aliphatic carbocycles. The number of hydrogen-bond donors (Lipinski definition) is 5. The zero-order valence-electron chi connectivity index (χ0n) is 18.6. The number of amides is 1. The molecule has 2 aromatic carbocycles. The molecule has 0 heterocycles. The number of fused-ring (bicyclic) bond motifs is 3. The summed E-state index contributed by atoms with van der Waals surface area (Å²) in [5.41, 5.74) is 2.58. The van der Waals surface area contributed by atoms with E-state index in [9.17, 15) is 44.9 Å². The summed E-state index contributed by atoms with van der Waals surface area (Å²) in [6.45, 7) is 0. The van der Waals surface area contributed by atoms with Crippen molar-refractivity contribution in [3.63, 3.8) is 0 Å². The maximum absolute atomic E-state index is 13.5. The number of non-ortho nitro benzene ring substituents is 1. The van der Waals surface area contributed by atoms with Gasteiger partial charge in [0.25, 0.3) is 11.6 Å². The summed E-state index contributed by atoms with van der Waals surface area (Å²) in [6.07, 6.45) is -0.326. The fourth-order valence-electron chi connectivity index (χ4n) is 5.68. The number of benzene rings is 2. The largest absolute Gasteiger partial charge is 0.508 e. The molecule has 0 aliphatic heterocycles. The van der Waals surface area contributed by atoms with Crippen molar-refractivity contribution in [3.8, 4) is 16.9 Å². The molecule has 1 fully saturated rings. The van der Waals surface area contributed by atoms with E-state index in [1.165, 1.54) is 24.3 Å². The summed E-state index contributed by atoms with van der Waals surface area (Å²) in [7, 11) is 0. The van der Waals surface area contributed by atoms with Gasteiger partial charge in [0, 0.05) is 30.0 Å². The van der Waals surface area contributed by atoms with Crippen LogP contribution in [-0.2, 0) is 20.8 Å². The van der Waals surface area contributed by atoms with Crippen LogP contribution in [0.2, 0.25) is 0 Å². The van der Waals surface area contributed by atoms with E-state index in [-0.39, 0.29) is 35.4 Å². The molecule has 1 amide bonds. The van der Waals surface area contributed by atoms with Crippen LogP contribution in [0.1, 0.15) is 24.0 Å². The minimum absolute atomic E-state index is 0.00700. The molecule has 1 saturated carbocycles. The summed E-state index contributed by atoms with van der Waals surface area (Å²) in [5.74, 6) is -7.08. The lowest BCUT2D eigenvalue weighted by molar-refractivity contribution is -0.384. The first-order chi connectivity index (χ1) is 17.0. The number of carbonyl (C=O) groups excluding carboxylic acids is 3. The first-order valence-corrected chi connectivity index (χ1v) is 11.0. The Morgan fingerprint density at radius 2 is 1.83 bits per heavy atom. The third-order valence-electron chi connectivity index (χ3n) is 7.32. The molecule has 0 aromatic heterocycles. The Balaban J connectivity index is 1.70. The summed E-state index contributed by atoms with van der Waals surface area (Å²) in [4.78, 5) is 48.4. The summed E-state index contributed by atoms with van der Waals surface area (Å²) in [5, 5.41) is 54.9. The highest BCUT2D eigenvalue weighted by molar-refractivity contribution is 6.22. The van der Waals surface area contributed by atoms with Gasteiger partial charge >= 0.3 is 0 Å². The number of Topliss-reactive ketones (excluding diaryl/α,β-unsaturated/α-hetero) is 2. The zero-order valence-corrected chi connectivity index (χ0v) is 18.6. The number of ketones is 2. The fraction of sp³-hybridized carbons (Fsp3) is 0.240. The standard InChI is InChI=1S/C25H20N2O9/c26-24(33)20-17(29)9-12-6-11-8-15-14(10-2-1-3-13(7-10)27(35)36)4-5-16(28)19(15)21(30)18(11)22(31)25(12,34)23(20)32/h1-5,7,11-12,28,30,32,34H,6,8-9H2,(H2,26,33)/t11-,12+,25+/m1/s1. The Labute approximate surface area is 202 Å². The number of aliphatic hydroxyl groups is 3. The van der Waals surface area contributed by atoms with Gasteiger partial charge in [0.05, 0.1) is 10.5 Å². The Morgan fingerprint density at radius 1 is 1.11 bits per heavy atom. The van der Waals surface area contributed by atoms with Crippen LogP contribution in [0.5, 0.6) is 5.75 Å². The van der Waals surface area contributed by atoms with Crippen molar-refractivity contribution >= 4 is 28.9 Å². The molecule has 0 spiro atoms. The molecular formula is C25H20N2O9. The number of rotatable bonds is 3. The second-order valence-corrected chi connectivity index (χ2v) is 9.20. The van der Waals surface area contributed by atoms with Crippen LogP contribution < -0.4 is 5.73 Å². The van der Waals surface area contributed by atoms with Gasteiger partial charge in [-0.25, -0.2) is 0 Å². The fourth-order valence-corrected chi connectivity index (χ4v) is 5.68. The van der Waals surface area contributed by atoms with E-state index >= 15 is 0 Å². The van der Waals surface area contributed by atoms with E-state index in [1.807, 2.05) is 0 Å². The number of nitro groups is 1. The second-order valence-electron chi connectivity index (χ2n) is 9.20. The minimum Gasteiger partial charge on any atom is -0.508 e. The number of carbonyl (C=O) groups is 3. The molecule has 2 aromatic rings. The number of nitrogens with two attached hydrogens (primary N) is 1. The maximum atomic E-state index is 13.5. The number of primary amides is 1. The van der Waals surface area contributed by atoms with Gasteiger partial charge in [-0.15, -0.1) is 0 Å². The summed E-state index contributed by atoms with van der Waals surface area (Å²) < 4.78 is 0. The van der Waals surface area contributed by atoms with Crippen LogP contribution in [0.15, 0.2) is 53.3 Å². The van der Waals surface area contributed by atoms with Crippen molar-refractivity contribution in [1.29, 1.82) is 0 Å². The highest BCUT2D eigenvalue weighted by Gasteiger charge is 2.60. The third-order valence-corrected chi connectivity index (χ3v) is 7.32. The van der Waals surface area contributed by atoms with E-state index in [0.717, 1.165) is 0 Å². The highest BCUT2D eigenvalue weighted by atomic mass is 16.6. The molecule has 3 aliphatic rings. The molecule has 0 unspecified atom stereocenters. The third kappa shape index (κ3) is 3.06. The lowest BCUT2D eigenvalue weighted by atomic mass is 9.59. The summed E-state index contributed by atoms with van der Waals surface area (Å²) in [6, 6.07) is 8.63. The molecule has 36 heavy (non-hydrogen) atoms. The lowest BCUT2D eigenvalue weighted by Gasteiger charge is -2.46. The Morgan fingerprint density at radius 3 is 2.50 bits per heavy atom. The second kappa shape index (κ2) is 7.75. The molecule has 0 saturated heterocycles. The normalized spacial score (nSPS) is 25.2. The maximum Gasteiger partial charge on any atom is 0.270 e. The van der Waals surface area contributed by atoms with E-state index in [4.69, 9.17) is 5.73 Å². The molecule has 0 radical (unpaired) electrons. The van der Waals surface area contributed by atoms with Gasteiger partial charge in [-0.2, -0.15) is 0 Å². The van der Waals surface area contributed by atoms with Gasteiger partial charge in [0.15, 0.2) is 11.4 Å². The van der Waals surface area contributed by atoms with Crippen molar-refractivity contribution < 1.29 is 39.7 Å². The van der Waals surface area contributed by atoms with E-state index in [1.54, 1.807) is 12.1 Å². The van der Waals surface area contributed by atoms with Crippen molar-refractivity contribution in [2.45, 2.75) is 24.9 Å². The Bertz CT molecular complexity index is 1470. The topological polar surface area (TPSA) is 201 Å². The Kier molecular flexibility index (Phi) is 5.00. The molecule has 0 bridgehead atoms. The Hall–Kier alpha value is -4.51. The predicted molar refractivity (Wildman–Crippen MR) is 123 cm³/mol. The van der Waals surface area contributed by atoms with Gasteiger partial charge in [0.1, 0.15) is 22.8 Å². The first kappa shape index (κ1) is 23.2. The SMILES string of the molecule is NC(=O)C1=C(O)[C@@]2(O)C(=O)C3=C(O)c4c(O)ccc(-c5cccc([N+](=O)[O-])c5)c4C[C@H]3C[C@H]2CC1=O. The molecule has 5 rings (SSSR count). The number of phenolic OH excluding ortho intramolecular Hbond substituents is 1. The van der Waals surface area contributed by atoms with E-state index in [2.05, 4.69) is 0 Å². The molecular weight excluding hydrogens is 472 g/mol. The highest BCUT2D eigenvalue weighted by Crippen LogP contribution is 2.53. The predicted octanol–water partition coefficient (Wildman–Crippen LogP) is 2.00. The lowest BCUT2D eigenvalue weighted by Crippen LogP contribution is -2.58. The van der Waals surface area contributed by atoms with Gasteiger partial charge in [0.2, 0.25) is 5.78 Å². The molecule has 11 heteroatoms. The van der Waals surface area contributed by atoms with Crippen LogP contribution in [-0.4, -0.2) is 48.4 Å². The van der Waals surface area contributed by atoms with Crippen molar-refractivity contribution in [1.82, 2.24) is 0 Å². The van der Waals surface area contributed by atoms with Crippen LogP contribution in [0.25, 0.3) is 16.9 Å². The van der Waals surface area contributed by atoms with Gasteiger partial charge < -0.3 is 26.2 Å². The van der Waals surface area contributed by atoms with Crippen molar-refractivity contribution in [3.05, 3.63) is 74.5 Å². The number of aliphatic hydroxyl groups excluding tert-OH is 2. The zero-order chi connectivity index (χ0) is 26.1. The summed E-state index contributed by atoms with van der Waals surface area (Å²) >= 11 is 0. The van der Waals surface area contributed by atoms with Crippen LogP contribution in [0.4, 0.5) is 5.69 Å². The monoisotopic (exact) mass is 492 g/mol. The van der Waals surface area contributed by atoms with Crippen LogP contribution >= 0.6 is 0 Å².